The van der Waals surface area contributed by atoms with Gasteiger partial charge in [-0.3, -0.25) is 9.36 Å². The monoisotopic (exact) mass is 566 g/mol. The minimum absolute atomic E-state index is 0.159. The molecule has 1 N–H and O–H groups in total. The van der Waals surface area contributed by atoms with Crippen LogP contribution in [-0.4, -0.2) is 20.7 Å². The van der Waals surface area contributed by atoms with E-state index >= 15 is 0 Å². The highest BCUT2D eigenvalue weighted by molar-refractivity contribution is 7.98. The lowest BCUT2D eigenvalue weighted by Crippen LogP contribution is -2.24. The highest BCUT2D eigenvalue weighted by atomic mass is 35.5. The Morgan fingerprint density at radius 1 is 0.947 bits per heavy atom. The van der Waals surface area contributed by atoms with E-state index in [0.717, 1.165) is 12.2 Å². The number of carbonyl (C=O) groups excluding carboxylic acids is 1. The van der Waals surface area contributed by atoms with E-state index in [-0.39, 0.29) is 12.5 Å². The lowest BCUT2D eigenvalue weighted by atomic mass is 10.0. The zero-order chi connectivity index (χ0) is 26.9. The summed E-state index contributed by atoms with van der Waals surface area (Å²) in [7, 11) is 0. The highest BCUT2D eigenvalue weighted by Crippen LogP contribution is 2.31. The molecule has 0 bridgehead atoms. The minimum atomic E-state index is -0.159. The maximum absolute atomic E-state index is 12.9. The van der Waals surface area contributed by atoms with Gasteiger partial charge in [0.05, 0.1) is 17.3 Å². The van der Waals surface area contributed by atoms with Gasteiger partial charge in [-0.15, -0.1) is 10.2 Å². The van der Waals surface area contributed by atoms with E-state index in [4.69, 9.17) is 23.2 Å². The van der Waals surface area contributed by atoms with Crippen molar-refractivity contribution < 1.29 is 4.79 Å². The second-order valence-electron chi connectivity index (χ2n) is 9.30. The third-order valence-electron chi connectivity index (χ3n) is 6.24. The third-order valence-corrected chi connectivity index (χ3v) is 7.78. The lowest BCUT2D eigenvalue weighted by molar-refractivity contribution is 0.0949. The number of benzene rings is 3. The van der Waals surface area contributed by atoms with E-state index in [2.05, 4.69) is 47.6 Å². The molecule has 0 aliphatic rings. The first-order valence-electron chi connectivity index (χ1n) is 12.9. The molecule has 0 unspecified atom stereocenters. The lowest BCUT2D eigenvalue weighted by Gasteiger charge is -2.13. The standard InChI is InChI=1S/C30H32Cl2N4OS/c1-3-4-5-6-9-22-11-13-24(14-12-22)29(37)33-19-28-34-35-30(38-20-23-10-7-8-21(2)17-23)36(28)27-16-15-25(31)18-26(27)32/h7-8,10-18H,3-6,9,19-20H2,1-2H3,(H,33,37). The van der Waals surface area contributed by atoms with Gasteiger partial charge in [0.2, 0.25) is 0 Å². The number of hydrogen-bond acceptors (Lipinski definition) is 4. The highest BCUT2D eigenvalue weighted by Gasteiger charge is 2.18. The van der Waals surface area contributed by atoms with Crippen LogP contribution in [0.25, 0.3) is 5.69 Å². The first-order valence-corrected chi connectivity index (χ1v) is 14.6. The molecule has 3 aromatic carbocycles. The Hall–Kier alpha value is -2.80. The van der Waals surface area contributed by atoms with Crippen LogP contribution in [-0.2, 0) is 18.7 Å². The van der Waals surface area contributed by atoms with E-state index in [0.29, 0.717) is 32.3 Å². The van der Waals surface area contributed by atoms with Gasteiger partial charge in [-0.1, -0.05) is 103 Å². The maximum atomic E-state index is 12.9. The molecule has 1 amide bonds. The number of amides is 1. The van der Waals surface area contributed by atoms with Crippen LogP contribution in [0.15, 0.2) is 71.9 Å². The maximum Gasteiger partial charge on any atom is 0.251 e. The number of nitrogens with zero attached hydrogens (tertiary/aromatic N) is 3. The molecule has 0 aliphatic carbocycles. The number of unbranched alkanes of at least 4 members (excludes halogenated alkanes) is 3. The van der Waals surface area contributed by atoms with Gasteiger partial charge in [-0.25, -0.2) is 0 Å². The van der Waals surface area contributed by atoms with Crippen molar-refractivity contribution in [2.45, 2.75) is 63.4 Å². The molecule has 4 aromatic rings. The normalized spacial score (nSPS) is 11.1. The van der Waals surface area contributed by atoms with Crippen molar-refractivity contribution in [2.24, 2.45) is 0 Å². The molecule has 198 valence electrons. The smallest absolute Gasteiger partial charge is 0.251 e. The van der Waals surface area contributed by atoms with Crippen LogP contribution in [0.1, 0.15) is 65.5 Å². The Morgan fingerprint density at radius 3 is 2.50 bits per heavy atom. The fourth-order valence-electron chi connectivity index (χ4n) is 4.20. The molecule has 0 saturated heterocycles. The number of carbonyl (C=O) groups is 1. The van der Waals surface area contributed by atoms with Crippen molar-refractivity contribution in [2.75, 3.05) is 0 Å². The average molecular weight is 568 g/mol. The summed E-state index contributed by atoms with van der Waals surface area (Å²) in [6.45, 7) is 4.49. The van der Waals surface area contributed by atoms with Crippen LogP contribution in [0.3, 0.4) is 0 Å². The third kappa shape index (κ3) is 7.62. The van der Waals surface area contributed by atoms with Crippen molar-refractivity contribution in [3.05, 3.63) is 105 Å². The Balaban J connectivity index is 1.48. The topological polar surface area (TPSA) is 59.8 Å². The number of aryl methyl sites for hydroxylation is 2. The van der Waals surface area contributed by atoms with Gasteiger partial charge in [0.1, 0.15) is 0 Å². The quantitative estimate of drug-likeness (QED) is 0.138. The van der Waals surface area contributed by atoms with Gasteiger partial charge in [0.25, 0.3) is 5.91 Å². The van der Waals surface area contributed by atoms with Crippen LogP contribution in [0.4, 0.5) is 0 Å². The van der Waals surface area contributed by atoms with Gasteiger partial charge in [0, 0.05) is 16.3 Å². The first kappa shape index (κ1) is 28.2. The number of aromatic nitrogens is 3. The van der Waals surface area contributed by atoms with Crippen LogP contribution in [0.2, 0.25) is 10.0 Å². The molecule has 5 nitrogen and oxygen atoms in total. The SMILES string of the molecule is CCCCCCc1ccc(C(=O)NCc2nnc(SCc3cccc(C)c3)n2-c2ccc(Cl)cc2Cl)cc1. The van der Waals surface area contributed by atoms with Crippen molar-refractivity contribution in [1.29, 1.82) is 0 Å². The fraction of sp³-hybridized carbons (Fsp3) is 0.300. The number of nitrogens with one attached hydrogen (secondary N) is 1. The van der Waals surface area contributed by atoms with Gasteiger partial charge in [-0.05, 0) is 61.2 Å². The molecule has 0 saturated carbocycles. The van der Waals surface area contributed by atoms with E-state index in [9.17, 15) is 4.79 Å². The van der Waals surface area contributed by atoms with Crippen LogP contribution >= 0.6 is 35.0 Å². The summed E-state index contributed by atoms with van der Waals surface area (Å²) in [5.41, 5.74) is 4.98. The predicted octanol–water partition coefficient (Wildman–Crippen LogP) is 8.23. The number of hydrogen-bond donors (Lipinski definition) is 1. The van der Waals surface area contributed by atoms with Crippen LogP contribution in [0.5, 0.6) is 0 Å². The molecule has 4 rings (SSSR count). The van der Waals surface area contributed by atoms with Crippen LogP contribution in [0, 0.1) is 6.92 Å². The van der Waals surface area contributed by atoms with E-state index < -0.39 is 0 Å². The molecule has 0 fully saturated rings. The largest absolute Gasteiger partial charge is 0.345 e. The molecule has 38 heavy (non-hydrogen) atoms. The summed E-state index contributed by atoms with van der Waals surface area (Å²) in [6, 6.07) is 21.5. The summed E-state index contributed by atoms with van der Waals surface area (Å²) in [6.07, 6.45) is 5.94. The second-order valence-corrected chi connectivity index (χ2v) is 11.1. The zero-order valence-corrected chi connectivity index (χ0v) is 24.0. The van der Waals surface area contributed by atoms with Crippen LogP contribution < -0.4 is 5.32 Å². The molecule has 1 aromatic heterocycles. The summed E-state index contributed by atoms with van der Waals surface area (Å²) in [4.78, 5) is 12.9. The second kappa shape index (κ2) is 13.8. The summed E-state index contributed by atoms with van der Waals surface area (Å²) >= 11 is 14.3. The number of thioether (sulfide) groups is 1. The fourth-order valence-corrected chi connectivity index (χ4v) is 5.60. The van der Waals surface area contributed by atoms with Crippen molar-refractivity contribution in [3.63, 3.8) is 0 Å². The molecular formula is C30H32Cl2N4OS. The molecule has 0 aliphatic heterocycles. The molecule has 0 atom stereocenters. The molecular weight excluding hydrogens is 535 g/mol. The Labute approximate surface area is 239 Å². The van der Waals surface area contributed by atoms with Gasteiger partial charge in [-0.2, -0.15) is 0 Å². The summed E-state index contributed by atoms with van der Waals surface area (Å²) < 4.78 is 1.89. The van der Waals surface area contributed by atoms with Crippen molar-refractivity contribution in [1.82, 2.24) is 20.1 Å². The summed E-state index contributed by atoms with van der Waals surface area (Å²) in [5.74, 6) is 1.15. The Kier molecular flexibility index (Phi) is 10.3. The Morgan fingerprint density at radius 2 is 1.76 bits per heavy atom. The Bertz CT molecular complexity index is 1370. The molecule has 8 heteroatoms. The minimum Gasteiger partial charge on any atom is -0.345 e. The first-order chi connectivity index (χ1) is 18.4. The zero-order valence-electron chi connectivity index (χ0n) is 21.7. The van der Waals surface area contributed by atoms with Gasteiger partial charge >= 0.3 is 0 Å². The van der Waals surface area contributed by atoms with E-state index in [1.807, 2.05) is 41.0 Å². The predicted molar refractivity (Wildman–Crippen MR) is 158 cm³/mol. The number of rotatable bonds is 12. The van der Waals surface area contributed by atoms with E-state index in [1.165, 1.54) is 42.4 Å². The van der Waals surface area contributed by atoms with Gasteiger partial charge in [0.15, 0.2) is 11.0 Å². The van der Waals surface area contributed by atoms with Crippen molar-refractivity contribution >= 4 is 40.9 Å². The number of halogens is 2. The molecule has 0 radical (unpaired) electrons. The summed E-state index contributed by atoms with van der Waals surface area (Å²) in [5, 5.41) is 13.5. The van der Waals surface area contributed by atoms with Gasteiger partial charge < -0.3 is 5.32 Å². The molecule has 0 spiro atoms. The molecule has 1 heterocycles. The van der Waals surface area contributed by atoms with Crippen molar-refractivity contribution in [3.8, 4) is 5.69 Å². The average Bonchev–Trinajstić information content (AvgIpc) is 3.31. The van der Waals surface area contributed by atoms with E-state index in [1.54, 1.807) is 23.9 Å².